The van der Waals surface area contributed by atoms with E-state index in [1.807, 2.05) is 13.0 Å². The fourth-order valence-corrected chi connectivity index (χ4v) is 4.29. The number of ether oxygens (including phenoxy) is 6. The Kier molecular flexibility index (Phi) is 11.3. The number of esters is 2. The van der Waals surface area contributed by atoms with E-state index in [1.165, 1.54) is 6.92 Å². The van der Waals surface area contributed by atoms with Gasteiger partial charge in [0, 0.05) is 33.6 Å². The molecule has 0 N–H and O–H groups in total. The van der Waals surface area contributed by atoms with Crippen molar-refractivity contribution in [2.24, 2.45) is 0 Å². The van der Waals surface area contributed by atoms with Crippen LogP contribution in [-0.4, -0.2) is 64.1 Å². The molecule has 0 radical (unpaired) electrons. The van der Waals surface area contributed by atoms with Crippen LogP contribution in [0.1, 0.15) is 45.8 Å². The molecular weight excluding hydrogens is 480 g/mol. The third-order valence-corrected chi connectivity index (χ3v) is 7.45. The first-order valence-electron chi connectivity index (χ1n) is 12.4. The molecule has 1 aromatic carbocycles. The van der Waals surface area contributed by atoms with E-state index in [2.05, 4.69) is 26.2 Å². The van der Waals surface area contributed by atoms with Crippen LogP contribution in [0.4, 0.5) is 0 Å². The third kappa shape index (κ3) is 10.5. The molecule has 0 spiro atoms. The molecule has 1 aromatic rings. The van der Waals surface area contributed by atoms with Crippen molar-refractivity contribution >= 4 is 20.0 Å². The van der Waals surface area contributed by atoms with Gasteiger partial charge < -0.3 is 28.4 Å². The average Bonchev–Trinajstić information content (AvgIpc) is 3.15. The Morgan fingerprint density at radius 2 is 1.83 bits per heavy atom. The van der Waals surface area contributed by atoms with Crippen LogP contribution in [0, 0.1) is 0 Å². The second-order valence-electron chi connectivity index (χ2n) is 10.8. The Morgan fingerprint density at radius 1 is 1.17 bits per heavy atom. The first kappa shape index (κ1) is 30.2. The highest BCUT2D eigenvalue weighted by Crippen LogP contribution is 2.30. The van der Waals surface area contributed by atoms with E-state index in [1.54, 1.807) is 38.1 Å². The lowest BCUT2D eigenvalue weighted by Crippen LogP contribution is -2.37. The van der Waals surface area contributed by atoms with Crippen LogP contribution in [0.15, 0.2) is 42.5 Å². The molecule has 1 fully saturated rings. The summed E-state index contributed by atoms with van der Waals surface area (Å²) in [7, 11) is -1.17. The molecule has 8 nitrogen and oxygen atoms in total. The molecule has 1 aliphatic heterocycles. The third-order valence-electron chi connectivity index (χ3n) is 5.75. The summed E-state index contributed by atoms with van der Waals surface area (Å²) < 4.78 is 34.3. The van der Waals surface area contributed by atoms with Crippen LogP contribution in [-0.2, 0) is 38.0 Å². The quantitative estimate of drug-likeness (QED) is 0.111. The highest BCUT2D eigenvalue weighted by atomic mass is 28.3. The second-order valence-corrected chi connectivity index (χ2v) is 16.4. The topological polar surface area (TPSA) is 89.5 Å². The van der Waals surface area contributed by atoms with Crippen LogP contribution in [0.5, 0.6) is 0 Å². The van der Waals surface area contributed by atoms with Gasteiger partial charge in [0.05, 0.1) is 12.7 Å². The fourth-order valence-electron chi connectivity index (χ4n) is 3.53. The van der Waals surface area contributed by atoms with Gasteiger partial charge in [-0.25, -0.2) is 4.79 Å². The fraction of sp³-hybridized carbons (Fsp3) is 0.630. The van der Waals surface area contributed by atoms with Gasteiger partial charge in [0.1, 0.15) is 19.0 Å². The maximum absolute atomic E-state index is 13.2. The van der Waals surface area contributed by atoms with Crippen LogP contribution in [0.25, 0.3) is 0 Å². The molecule has 0 bridgehead atoms. The number of rotatable bonds is 14. The lowest BCUT2D eigenvalue weighted by atomic mass is 10.0. The summed E-state index contributed by atoms with van der Waals surface area (Å²) in [6.45, 7) is 18.8. The Bertz CT molecular complexity index is 864. The summed E-state index contributed by atoms with van der Waals surface area (Å²) in [6, 6.07) is 9.81. The largest absolute Gasteiger partial charge is 0.456 e. The van der Waals surface area contributed by atoms with Gasteiger partial charge in [-0.15, -0.1) is 0 Å². The van der Waals surface area contributed by atoms with Gasteiger partial charge in [-0.1, -0.05) is 56.6 Å². The zero-order chi connectivity index (χ0) is 26.9. The Labute approximate surface area is 216 Å². The van der Waals surface area contributed by atoms with Crippen molar-refractivity contribution in [3.63, 3.8) is 0 Å². The minimum absolute atomic E-state index is 0.160. The van der Waals surface area contributed by atoms with Crippen molar-refractivity contribution in [3.8, 4) is 0 Å². The van der Waals surface area contributed by atoms with Crippen LogP contribution >= 0.6 is 0 Å². The average molecular weight is 523 g/mol. The van der Waals surface area contributed by atoms with E-state index in [9.17, 15) is 9.59 Å². The molecular formula is C27H42O8Si. The number of carbonyl (C=O) groups is 2. The number of hydrogen-bond donors (Lipinski definition) is 0. The smallest absolute Gasteiger partial charge is 0.352 e. The van der Waals surface area contributed by atoms with E-state index in [4.69, 9.17) is 28.4 Å². The van der Waals surface area contributed by atoms with E-state index < -0.39 is 44.1 Å². The highest BCUT2D eigenvalue weighted by molar-refractivity contribution is 6.76. The van der Waals surface area contributed by atoms with Crippen LogP contribution in [0.2, 0.25) is 25.7 Å². The molecule has 1 saturated heterocycles. The van der Waals surface area contributed by atoms with Gasteiger partial charge in [0.2, 0.25) is 6.10 Å². The summed E-state index contributed by atoms with van der Waals surface area (Å²) in [4.78, 5) is 24.9. The molecule has 0 saturated carbocycles. The van der Waals surface area contributed by atoms with Gasteiger partial charge in [-0.05, 0) is 32.4 Å². The number of carbonyl (C=O) groups excluding carboxylic acids is 2. The maximum Gasteiger partial charge on any atom is 0.352 e. The summed E-state index contributed by atoms with van der Waals surface area (Å²) in [5, 5.41) is 0. The number of hydrogen-bond acceptors (Lipinski definition) is 8. The molecule has 2 rings (SSSR count). The molecule has 9 heteroatoms. The van der Waals surface area contributed by atoms with Crippen molar-refractivity contribution < 1.29 is 38.0 Å². The molecule has 1 heterocycles. The van der Waals surface area contributed by atoms with Gasteiger partial charge in [-0.3, -0.25) is 4.79 Å². The molecule has 0 aromatic heterocycles. The zero-order valence-corrected chi connectivity index (χ0v) is 23.7. The molecule has 36 heavy (non-hydrogen) atoms. The molecule has 0 unspecified atom stereocenters. The normalized spacial score (nSPS) is 19.8. The van der Waals surface area contributed by atoms with Crippen molar-refractivity contribution in [2.75, 3.05) is 20.0 Å². The van der Waals surface area contributed by atoms with Crippen LogP contribution in [0.3, 0.4) is 0 Å². The first-order valence-corrected chi connectivity index (χ1v) is 16.1. The van der Waals surface area contributed by atoms with Crippen molar-refractivity contribution in [1.82, 2.24) is 0 Å². The summed E-state index contributed by atoms with van der Waals surface area (Å²) in [5.74, 6) is -2.08. The minimum atomic E-state index is -1.19. The first-order chi connectivity index (χ1) is 16.8. The molecule has 4 atom stereocenters. The van der Waals surface area contributed by atoms with Gasteiger partial charge in [0.25, 0.3) is 0 Å². The SMILES string of the molecule is C=C(C[C@@H](OC(=O)[C@@H](OC(C)=O)c1ccccc1)[C@@H]1COC(C)(C)O1)[C@@H](C)OCOCC[Si](C)(C)C. The monoisotopic (exact) mass is 522 g/mol. The predicted molar refractivity (Wildman–Crippen MR) is 139 cm³/mol. The van der Waals surface area contributed by atoms with Crippen molar-refractivity contribution in [3.05, 3.63) is 48.0 Å². The van der Waals surface area contributed by atoms with Gasteiger partial charge in [0.15, 0.2) is 5.79 Å². The lowest BCUT2D eigenvalue weighted by molar-refractivity contribution is -0.182. The zero-order valence-electron chi connectivity index (χ0n) is 22.7. The van der Waals surface area contributed by atoms with E-state index in [0.29, 0.717) is 12.2 Å². The van der Waals surface area contributed by atoms with Crippen molar-refractivity contribution in [2.45, 2.75) is 90.0 Å². The van der Waals surface area contributed by atoms with Crippen molar-refractivity contribution in [1.29, 1.82) is 0 Å². The van der Waals surface area contributed by atoms with E-state index >= 15 is 0 Å². The van der Waals surface area contributed by atoms with Gasteiger partial charge >= 0.3 is 11.9 Å². The predicted octanol–water partition coefficient (Wildman–Crippen LogP) is 5.02. The minimum Gasteiger partial charge on any atom is -0.456 e. The molecule has 0 amide bonds. The van der Waals surface area contributed by atoms with E-state index in [0.717, 1.165) is 11.6 Å². The second kappa shape index (κ2) is 13.5. The van der Waals surface area contributed by atoms with Gasteiger partial charge in [-0.2, -0.15) is 0 Å². The van der Waals surface area contributed by atoms with E-state index in [-0.39, 0.29) is 25.9 Å². The summed E-state index contributed by atoms with van der Waals surface area (Å²) in [6.07, 6.45) is -2.47. The summed E-state index contributed by atoms with van der Waals surface area (Å²) >= 11 is 0. The Morgan fingerprint density at radius 3 is 2.39 bits per heavy atom. The molecule has 1 aliphatic rings. The summed E-state index contributed by atoms with van der Waals surface area (Å²) in [5.41, 5.74) is 1.24. The molecule has 202 valence electrons. The highest BCUT2D eigenvalue weighted by Gasteiger charge is 2.41. The Hall–Kier alpha value is -2.04. The number of benzene rings is 1. The van der Waals surface area contributed by atoms with Crippen LogP contribution < -0.4 is 0 Å². The lowest BCUT2D eigenvalue weighted by Gasteiger charge is -2.28. The maximum atomic E-state index is 13.2. The molecule has 0 aliphatic carbocycles. The Balaban J connectivity index is 2.06. The standard InChI is InChI=1S/C27H42O8Si/c1-19(20(2)31-18-30-14-15-36(6,7)8)16-23(24-17-32-27(4,5)35-24)34-26(29)25(33-21(3)28)22-12-10-9-11-13-22/h9-13,20,23-25H,1,14-18H2,2-8H3/t20-,23-,24+,25+/m1/s1.